The monoisotopic (exact) mass is 1800 g/mol. The van der Waals surface area contributed by atoms with Gasteiger partial charge in [0.15, 0.2) is 23.0 Å². The molecule has 678 valence electrons. The summed E-state index contributed by atoms with van der Waals surface area (Å²) in [5, 5.41) is 160. The molecule has 0 saturated carbocycles. The van der Waals surface area contributed by atoms with Gasteiger partial charge in [0.1, 0.15) is 137 Å². The number of rotatable bonds is 19. The molecule has 0 aliphatic carbocycles. The van der Waals surface area contributed by atoms with Crippen LogP contribution in [-0.4, -0.2) is 245 Å². The first-order chi connectivity index (χ1) is 60.9. The molecule has 0 spiro atoms. The Bertz CT molecular complexity index is 5280. The number of nitrogens with zero attached hydrogens (tertiary/aromatic N) is 2. The number of nitrogens with one attached hydrogen (secondary N) is 8. The molecule has 127 heavy (non-hydrogen) atoms. The summed E-state index contributed by atoms with van der Waals surface area (Å²) in [6, 6.07) is 6.86. The van der Waals surface area contributed by atoms with Crippen LogP contribution in [0.4, 0.5) is 0 Å². The van der Waals surface area contributed by atoms with Crippen molar-refractivity contribution in [2.24, 2.45) is 0 Å². The minimum absolute atomic E-state index is 0.0284. The van der Waals surface area contributed by atoms with E-state index >= 15 is 28.8 Å². The predicted octanol–water partition coefficient (Wildman–Crippen LogP) is 3.93. The number of piperazine rings is 1. The molecule has 37 nitrogen and oxygen atoms in total. The van der Waals surface area contributed by atoms with Crippen LogP contribution in [0.25, 0.3) is 11.1 Å². The fourth-order valence-electron chi connectivity index (χ4n) is 16.5. The maximum Gasteiger partial charge on any atom is 0.249 e. The Morgan fingerprint density at radius 3 is 1.81 bits per heavy atom. The molecular formula is C88H100Cl2N10O27. The van der Waals surface area contributed by atoms with Crippen molar-refractivity contribution in [1.82, 2.24) is 52.3 Å². The first-order valence-corrected chi connectivity index (χ1v) is 42.5. The van der Waals surface area contributed by atoms with E-state index in [4.69, 9.17) is 56.4 Å². The zero-order valence-electron chi connectivity index (χ0n) is 69.0. The number of hydrogen-bond donors (Lipinski definition) is 20. The highest BCUT2D eigenvalue weighted by Crippen LogP contribution is 2.51. The smallest absolute Gasteiger partial charge is 0.249 e. The molecule has 18 atom stereocenters. The fourth-order valence-corrected chi connectivity index (χ4v) is 16.9. The van der Waals surface area contributed by atoms with Gasteiger partial charge in [0.2, 0.25) is 65.6 Å². The second-order valence-corrected chi connectivity index (χ2v) is 33.2. The van der Waals surface area contributed by atoms with Crippen LogP contribution >= 0.6 is 23.2 Å². The van der Waals surface area contributed by atoms with Crippen LogP contribution in [-0.2, 0) is 54.3 Å². The highest BCUT2D eigenvalue weighted by atomic mass is 35.5. The van der Waals surface area contributed by atoms with E-state index in [-0.39, 0.29) is 65.6 Å². The van der Waals surface area contributed by atoms with Crippen molar-refractivity contribution in [2.45, 2.75) is 187 Å². The number of benzene rings is 7. The van der Waals surface area contributed by atoms with Crippen LogP contribution in [0.2, 0.25) is 10.0 Å². The number of aliphatic hydroxyl groups excluding tert-OH is 8. The molecule has 0 aromatic heterocycles. The largest absolute Gasteiger partial charge is 0.508 e. The first-order valence-electron chi connectivity index (χ1n) is 41.8. The molecule has 39 heteroatoms. The summed E-state index contributed by atoms with van der Waals surface area (Å²) in [7, 11) is 3.24. The van der Waals surface area contributed by atoms with Gasteiger partial charge < -0.3 is 147 Å². The molecule has 7 aromatic rings. The number of fused-ring (bicyclic) bond motifs is 14. The number of carbonyl (C=O) groups is 8. The van der Waals surface area contributed by atoms with Crippen molar-refractivity contribution < 1.29 is 133 Å². The van der Waals surface area contributed by atoms with Crippen LogP contribution in [0.5, 0.6) is 69.0 Å². The van der Waals surface area contributed by atoms with Gasteiger partial charge in [-0.1, -0.05) is 112 Å². The Hall–Kier alpha value is -11.4. The van der Waals surface area contributed by atoms with Gasteiger partial charge in [0.25, 0.3) is 0 Å². The first kappa shape index (κ1) is 91.8. The fraction of sp³-hybridized carbons (Fsp3) is 0.432. The van der Waals surface area contributed by atoms with Gasteiger partial charge >= 0.3 is 0 Å². The van der Waals surface area contributed by atoms with Crippen molar-refractivity contribution >= 4 is 70.5 Å². The molecule has 17 bridgehead atoms. The summed E-state index contributed by atoms with van der Waals surface area (Å²) in [4.78, 5) is 129. The molecule has 9 heterocycles. The number of hydrogen-bond acceptors (Lipinski definition) is 29. The summed E-state index contributed by atoms with van der Waals surface area (Å²) in [5.74, 6) is -15.1. The summed E-state index contributed by atoms with van der Waals surface area (Å²) < 4.78 is 45.1. The van der Waals surface area contributed by atoms with Crippen molar-refractivity contribution in [3.63, 3.8) is 0 Å². The third-order valence-corrected chi connectivity index (χ3v) is 24.3. The Labute approximate surface area is 737 Å². The van der Waals surface area contributed by atoms with Gasteiger partial charge in [-0.2, -0.15) is 0 Å². The van der Waals surface area contributed by atoms with Gasteiger partial charge in [-0.15, -0.1) is 0 Å². The zero-order valence-corrected chi connectivity index (χ0v) is 70.5. The maximum absolute atomic E-state index is 16.9. The Morgan fingerprint density at radius 1 is 0.520 bits per heavy atom. The summed E-state index contributed by atoms with van der Waals surface area (Å²) in [5.41, 5.74) is -2.31. The number of unbranched alkanes of at least 4 members (excludes halogenated alkanes) is 8. The van der Waals surface area contributed by atoms with Gasteiger partial charge in [-0.05, 0) is 127 Å². The third kappa shape index (κ3) is 20.1. The van der Waals surface area contributed by atoms with Gasteiger partial charge in [-0.3, -0.25) is 38.4 Å². The standard InChI is InChI=1S/C88H100Cl2N10O27/c1-4-5-6-7-8-9-10-11-12-13-63(107)93-72-76(111)74(109)61(38-101)125-87(72)127-79-59-32-44-33-60(79)123-56-23-18-43(30-51(56)89)73(108)71-85(119)97-70(86(120)100-26-24-99(3)25-27-100)49-34-45(103)35-58(124-88-78(113)77(112)75(110)62(39-102)126-88)64(49)48-29-41(16-21-53(48)104)67(82(116)98-71)94-83(117)68(44)95-84(118)69-50-36-47(37-55(106)65(50)90)122-57-31-42(17-22-54(57)105)66(91-2)81(115)92-52(80(114)96-69)28-40-14-19-46(121-59)20-15-40/h14-23,29-37,52,61-62,66-78,87-88,91,101-106,108-113H,4-13,24-28,38-39H2,1-3H3,(H,92,115)(H,93,107)(H,94,117)(H,95,118)(H,96,114)(H,97,119)(H,98,116)/t52-,61-,62-,66+,67-,68-,69+,70+,71+,72-,73-,74-,75-,76-,77+,78+,87+,88+/m1/s1. The molecule has 9 aliphatic rings. The second kappa shape index (κ2) is 39.9. The second-order valence-electron chi connectivity index (χ2n) is 32.4. The minimum atomic E-state index is -2.40. The Balaban J connectivity index is 0.987. The minimum Gasteiger partial charge on any atom is -0.508 e. The van der Waals surface area contributed by atoms with E-state index in [0.29, 0.717) is 31.5 Å². The lowest BCUT2D eigenvalue weighted by Gasteiger charge is -2.42. The zero-order chi connectivity index (χ0) is 90.5. The number of carbonyl (C=O) groups excluding carboxylic acids is 8. The van der Waals surface area contributed by atoms with E-state index in [1.165, 1.54) is 66.5 Å². The number of amides is 8. The van der Waals surface area contributed by atoms with Gasteiger partial charge in [-0.25, -0.2) is 0 Å². The Kier molecular flexibility index (Phi) is 28.8. The summed E-state index contributed by atoms with van der Waals surface area (Å²) in [6.07, 6.45) is -11.7. The van der Waals surface area contributed by atoms with Crippen LogP contribution in [0, 0.1) is 0 Å². The van der Waals surface area contributed by atoms with E-state index in [1.807, 2.05) is 4.90 Å². The molecule has 20 N–H and O–H groups in total. The summed E-state index contributed by atoms with van der Waals surface area (Å²) >= 11 is 14.4. The van der Waals surface area contributed by atoms with E-state index in [9.17, 15) is 70.9 Å². The number of phenolic OH excluding ortho intramolecular Hbond substituents is 4. The SMILES string of the molecule is CCCCCCCCCCCC(=O)N[C@H]1[C@H](Oc2c3cc4cc2Oc2ccc(cc2Cl)[C@@H](O)[C@@H]2NC(=O)[C@H](NC(=O)[C@@H]4NC(=O)[C@H]4NC(=O)[C@@H](Cc5ccc(cc5)O3)NC(=O)[C@@H](NC)c3ccc(O)c(c3)Oc3cc(O)c(Cl)c4c3)c3ccc(O)c(c3)-c3c(O[C@H]4O[C@H](CO)[C@@H](O)[C@H](O)[C@@H]4O)cc(O)cc3[C@@H](C(=O)N3CCN(C)CC3)NC2=O)O[C@H](CO)[C@@H](O)[C@@H]1O. The molecule has 7 aromatic carbocycles. The number of ether oxygens (including phenoxy) is 7. The van der Waals surface area contributed by atoms with E-state index < -0.39 is 254 Å². The maximum atomic E-state index is 16.9. The third-order valence-electron chi connectivity index (χ3n) is 23.6. The van der Waals surface area contributed by atoms with E-state index in [1.54, 1.807) is 7.05 Å². The van der Waals surface area contributed by atoms with Gasteiger partial charge in [0.05, 0.1) is 23.3 Å². The number of halogens is 2. The van der Waals surface area contributed by atoms with E-state index in [0.717, 1.165) is 106 Å². The molecule has 9 aliphatic heterocycles. The molecule has 0 radical (unpaired) electrons. The number of aromatic hydroxyl groups is 4. The van der Waals surface area contributed by atoms with Crippen molar-refractivity contribution in [3.05, 3.63) is 164 Å². The lowest BCUT2D eigenvalue weighted by molar-refractivity contribution is -0.277. The average molecular weight is 1800 g/mol. The Morgan fingerprint density at radius 2 is 1.13 bits per heavy atom. The van der Waals surface area contributed by atoms with Crippen molar-refractivity contribution in [3.8, 4) is 80.1 Å². The molecule has 0 unspecified atom stereocenters. The normalized spacial score (nSPS) is 26.8. The highest BCUT2D eigenvalue weighted by Gasteiger charge is 2.50. The number of likely N-dealkylation sites (N-methyl/N-ethyl adjacent to an activating group) is 2. The molecular weight excluding hydrogens is 1700 g/mol. The highest BCUT2D eigenvalue weighted by molar-refractivity contribution is 6.33. The molecule has 3 fully saturated rings. The topological polar surface area (TPSA) is 547 Å². The molecule has 3 saturated heterocycles. The average Bonchev–Trinajstić information content (AvgIpc) is 0.785. The molecule has 16 rings (SSSR count). The number of phenols is 4. The van der Waals surface area contributed by atoms with Crippen molar-refractivity contribution in [2.75, 3.05) is 53.5 Å². The lowest BCUT2D eigenvalue weighted by Crippen LogP contribution is -2.65. The van der Waals surface area contributed by atoms with Crippen LogP contribution in [0.15, 0.2) is 115 Å². The van der Waals surface area contributed by atoms with Crippen molar-refractivity contribution in [1.29, 1.82) is 0 Å². The van der Waals surface area contributed by atoms with Gasteiger partial charge in [0, 0.05) is 67.8 Å². The van der Waals surface area contributed by atoms with Crippen LogP contribution in [0.3, 0.4) is 0 Å². The van der Waals surface area contributed by atoms with Crippen LogP contribution < -0.4 is 66.2 Å². The predicted molar refractivity (Wildman–Crippen MR) is 449 cm³/mol. The molecule has 8 amide bonds. The van der Waals surface area contributed by atoms with Crippen LogP contribution in [0.1, 0.15) is 146 Å². The quantitative estimate of drug-likeness (QED) is 0.0510. The van der Waals surface area contributed by atoms with E-state index in [2.05, 4.69) is 49.5 Å². The lowest BCUT2D eigenvalue weighted by atomic mass is 9.89. The number of aliphatic hydroxyl groups is 8. The summed E-state index contributed by atoms with van der Waals surface area (Å²) in [6.45, 7) is 0.876.